The number of fused-ring (bicyclic) bond motifs is 1. The van der Waals surface area contributed by atoms with Crippen LogP contribution in [0.25, 0.3) is 11.2 Å². The van der Waals surface area contributed by atoms with Crippen molar-refractivity contribution in [3.8, 4) is 0 Å². The van der Waals surface area contributed by atoms with E-state index >= 15 is 0 Å². The fraction of sp³-hybridized carbons (Fsp3) is 0.438. The van der Waals surface area contributed by atoms with Crippen molar-refractivity contribution in [3.63, 3.8) is 0 Å². The molecule has 0 amide bonds. The van der Waals surface area contributed by atoms with Crippen LogP contribution in [0, 0.1) is 0 Å². The summed E-state index contributed by atoms with van der Waals surface area (Å²) in [5.41, 5.74) is 1.55. The summed E-state index contributed by atoms with van der Waals surface area (Å²) in [6.07, 6.45) is 6.55. The molecule has 24 heavy (non-hydrogen) atoms. The zero-order valence-electron chi connectivity index (χ0n) is 14.2. The Kier molecular flexibility index (Phi) is 4.15. The van der Waals surface area contributed by atoms with Crippen LogP contribution in [0.2, 0.25) is 0 Å². The molecular formula is C16H21N7O. The minimum atomic E-state index is -0.566. The van der Waals surface area contributed by atoms with Crippen LogP contribution in [-0.2, 0) is 5.41 Å². The number of hydrogen-bond acceptors (Lipinski definition) is 7. The molecule has 0 unspecified atom stereocenters. The van der Waals surface area contributed by atoms with Gasteiger partial charge in [0, 0.05) is 11.5 Å². The maximum Gasteiger partial charge on any atom is 0.166 e. The molecule has 0 aromatic carbocycles. The van der Waals surface area contributed by atoms with Gasteiger partial charge >= 0.3 is 0 Å². The van der Waals surface area contributed by atoms with Crippen LogP contribution in [0.3, 0.4) is 0 Å². The highest BCUT2D eigenvalue weighted by atomic mass is 16.3. The van der Waals surface area contributed by atoms with E-state index in [2.05, 4.69) is 44.1 Å². The Labute approximate surface area is 140 Å². The maximum absolute atomic E-state index is 9.69. The van der Waals surface area contributed by atoms with Crippen molar-refractivity contribution in [1.82, 2.24) is 29.5 Å². The summed E-state index contributed by atoms with van der Waals surface area (Å²) in [4.78, 5) is 21.7. The number of nitrogens with zero attached hydrogens (tertiary/aromatic N) is 6. The van der Waals surface area contributed by atoms with Crippen LogP contribution in [0.1, 0.15) is 39.6 Å². The first-order valence-corrected chi connectivity index (χ1v) is 7.80. The van der Waals surface area contributed by atoms with Crippen LogP contribution in [0.5, 0.6) is 0 Å². The van der Waals surface area contributed by atoms with Gasteiger partial charge < -0.3 is 15.0 Å². The molecule has 0 aliphatic heterocycles. The summed E-state index contributed by atoms with van der Waals surface area (Å²) in [5.74, 6) is 1.13. The molecule has 0 radical (unpaired) electrons. The van der Waals surface area contributed by atoms with Crippen LogP contribution in [0.15, 0.2) is 25.0 Å². The smallest absolute Gasteiger partial charge is 0.166 e. The quantitative estimate of drug-likeness (QED) is 0.740. The molecule has 8 heteroatoms. The van der Waals surface area contributed by atoms with E-state index in [0.29, 0.717) is 22.8 Å². The molecule has 3 heterocycles. The Morgan fingerprint density at radius 2 is 1.92 bits per heavy atom. The lowest BCUT2D eigenvalue weighted by atomic mass is 9.94. The zero-order chi connectivity index (χ0) is 17.3. The predicted molar refractivity (Wildman–Crippen MR) is 91.1 cm³/mol. The van der Waals surface area contributed by atoms with Crippen molar-refractivity contribution in [1.29, 1.82) is 0 Å². The summed E-state index contributed by atoms with van der Waals surface area (Å²) in [6, 6.07) is 0.211. The second kappa shape index (κ2) is 6.12. The molecule has 3 aromatic heterocycles. The third-order valence-electron chi connectivity index (χ3n) is 3.80. The lowest BCUT2D eigenvalue weighted by molar-refractivity contribution is 0.212. The molecule has 3 rings (SSSR count). The highest BCUT2D eigenvalue weighted by Gasteiger charge is 2.26. The number of rotatable bonds is 5. The van der Waals surface area contributed by atoms with Gasteiger partial charge in [0.2, 0.25) is 0 Å². The normalized spacial score (nSPS) is 12.1. The molecule has 126 valence electrons. The van der Waals surface area contributed by atoms with E-state index in [-0.39, 0.29) is 12.6 Å². The fourth-order valence-corrected chi connectivity index (χ4v) is 2.26. The number of aliphatic hydroxyl groups is 1. The number of aromatic nitrogens is 6. The highest BCUT2D eigenvalue weighted by molar-refractivity contribution is 5.85. The summed E-state index contributed by atoms with van der Waals surface area (Å²) >= 11 is 0. The number of anilines is 2. The molecule has 2 N–H and O–H groups in total. The third kappa shape index (κ3) is 2.92. The average molecular weight is 327 g/mol. The molecule has 0 atom stereocenters. The minimum Gasteiger partial charge on any atom is -0.395 e. The number of hydrogen-bond donors (Lipinski definition) is 2. The molecule has 0 bridgehead atoms. The van der Waals surface area contributed by atoms with Crippen molar-refractivity contribution < 1.29 is 5.11 Å². The van der Waals surface area contributed by atoms with E-state index in [1.165, 1.54) is 6.33 Å². The molecule has 0 aliphatic rings. The molecule has 0 spiro atoms. The molecular weight excluding hydrogens is 306 g/mol. The number of aliphatic hydroxyl groups excluding tert-OH is 1. The van der Waals surface area contributed by atoms with Crippen LogP contribution < -0.4 is 5.32 Å². The molecule has 0 fully saturated rings. The van der Waals surface area contributed by atoms with E-state index in [0.717, 1.165) is 5.65 Å². The topological polar surface area (TPSA) is 102 Å². The summed E-state index contributed by atoms with van der Waals surface area (Å²) in [7, 11) is 0. The van der Waals surface area contributed by atoms with Gasteiger partial charge in [-0.3, -0.25) is 0 Å². The van der Waals surface area contributed by atoms with Gasteiger partial charge in [0.1, 0.15) is 12.2 Å². The largest absolute Gasteiger partial charge is 0.395 e. The van der Waals surface area contributed by atoms with E-state index in [1.807, 2.05) is 18.4 Å². The van der Waals surface area contributed by atoms with Gasteiger partial charge in [-0.2, -0.15) is 0 Å². The summed E-state index contributed by atoms with van der Waals surface area (Å²) < 4.78 is 1.99. The Morgan fingerprint density at radius 3 is 2.54 bits per heavy atom. The zero-order valence-corrected chi connectivity index (χ0v) is 14.2. The standard InChI is InChI=1S/C16H21N7O/c1-10(2)23-9-19-12-13(20-11-5-17-8-18-6-11)21-15(22-14(12)23)16(3,4)7-24/h5-6,8-10,24H,7H2,1-4H3,(H,20,21,22). The molecule has 8 nitrogen and oxygen atoms in total. The van der Waals surface area contributed by atoms with Gasteiger partial charge in [0.25, 0.3) is 0 Å². The average Bonchev–Trinajstić information content (AvgIpc) is 3.00. The second-order valence-electron chi connectivity index (χ2n) is 6.61. The first kappa shape index (κ1) is 16.3. The van der Waals surface area contributed by atoms with Gasteiger partial charge in [-0.25, -0.2) is 24.9 Å². The highest BCUT2D eigenvalue weighted by Crippen LogP contribution is 2.28. The second-order valence-corrected chi connectivity index (χ2v) is 6.61. The van der Waals surface area contributed by atoms with E-state index in [4.69, 9.17) is 0 Å². The minimum absolute atomic E-state index is 0.0534. The van der Waals surface area contributed by atoms with Gasteiger partial charge in [-0.05, 0) is 13.8 Å². The fourth-order valence-electron chi connectivity index (χ4n) is 2.26. The Hall–Kier alpha value is -2.61. The molecule has 3 aromatic rings. The maximum atomic E-state index is 9.69. The van der Waals surface area contributed by atoms with Crippen molar-refractivity contribution in [3.05, 3.63) is 30.9 Å². The van der Waals surface area contributed by atoms with Crippen LogP contribution in [0.4, 0.5) is 11.5 Å². The van der Waals surface area contributed by atoms with Gasteiger partial charge in [-0.1, -0.05) is 13.8 Å². The third-order valence-corrected chi connectivity index (χ3v) is 3.80. The molecule has 0 saturated heterocycles. The van der Waals surface area contributed by atoms with Crippen molar-refractivity contribution in [2.75, 3.05) is 11.9 Å². The SMILES string of the molecule is CC(C)n1cnc2c(Nc3cncnc3)nc(C(C)(C)CO)nc21. The van der Waals surface area contributed by atoms with Crippen molar-refractivity contribution in [2.24, 2.45) is 0 Å². The number of nitrogens with one attached hydrogen (secondary N) is 1. The molecule has 0 aliphatic carbocycles. The molecule has 0 saturated carbocycles. The van der Waals surface area contributed by atoms with E-state index in [9.17, 15) is 5.11 Å². The Morgan fingerprint density at radius 1 is 1.21 bits per heavy atom. The van der Waals surface area contributed by atoms with Crippen molar-refractivity contribution >= 4 is 22.7 Å². The Balaban J connectivity index is 2.19. The predicted octanol–water partition coefficient (Wildman–Crippen LogP) is 2.21. The first-order valence-electron chi connectivity index (χ1n) is 7.80. The lowest BCUT2D eigenvalue weighted by Crippen LogP contribution is -2.26. The van der Waals surface area contributed by atoms with E-state index in [1.54, 1.807) is 18.7 Å². The first-order chi connectivity index (χ1) is 11.4. The van der Waals surface area contributed by atoms with Crippen molar-refractivity contribution in [2.45, 2.75) is 39.2 Å². The van der Waals surface area contributed by atoms with Crippen LogP contribution in [-0.4, -0.2) is 41.2 Å². The van der Waals surface area contributed by atoms with Gasteiger partial charge in [-0.15, -0.1) is 0 Å². The monoisotopic (exact) mass is 327 g/mol. The Bertz CT molecular complexity index is 842. The van der Waals surface area contributed by atoms with Crippen LogP contribution >= 0.6 is 0 Å². The van der Waals surface area contributed by atoms with Gasteiger partial charge in [0.15, 0.2) is 17.0 Å². The lowest BCUT2D eigenvalue weighted by Gasteiger charge is -2.21. The number of imidazole rings is 1. The summed E-state index contributed by atoms with van der Waals surface area (Å²) in [5, 5.41) is 12.9. The summed E-state index contributed by atoms with van der Waals surface area (Å²) in [6.45, 7) is 7.89. The van der Waals surface area contributed by atoms with Gasteiger partial charge in [0.05, 0.1) is 31.0 Å². The van der Waals surface area contributed by atoms with E-state index < -0.39 is 5.41 Å².